The third-order valence-electron chi connectivity index (χ3n) is 2.43. The number of hydrogen-bond donors (Lipinski definition) is 1. The second kappa shape index (κ2) is 5.95. The van der Waals surface area contributed by atoms with Gasteiger partial charge in [-0.2, -0.15) is 0 Å². The summed E-state index contributed by atoms with van der Waals surface area (Å²) < 4.78 is 66.1. The van der Waals surface area contributed by atoms with Crippen molar-refractivity contribution in [1.29, 1.82) is 0 Å². The van der Waals surface area contributed by atoms with Crippen LogP contribution in [0, 0.1) is 0 Å². The quantitative estimate of drug-likeness (QED) is 0.513. The summed E-state index contributed by atoms with van der Waals surface area (Å²) in [4.78, 5) is -1.68. The van der Waals surface area contributed by atoms with E-state index in [1.165, 1.54) is 12.1 Å². The average molecular weight is 440 g/mol. The zero-order valence-corrected chi connectivity index (χ0v) is 15.9. The third-order valence-corrected chi connectivity index (χ3v) is 4.12. The van der Waals surface area contributed by atoms with Crippen molar-refractivity contribution in [3.63, 3.8) is 0 Å². The minimum atomic E-state index is -4.99. The van der Waals surface area contributed by atoms with E-state index in [0.717, 1.165) is 12.1 Å². The second-order valence-electron chi connectivity index (χ2n) is 3.74. The molecule has 0 saturated carbocycles. The summed E-state index contributed by atoms with van der Waals surface area (Å²) in [7, 11) is -9.90. The van der Waals surface area contributed by atoms with Gasteiger partial charge in [0.15, 0.2) is 0 Å². The summed E-state index contributed by atoms with van der Waals surface area (Å²) in [5, 5.41) is 9.17. The number of phenols is 1. The molecule has 0 aliphatic heterocycles. The van der Waals surface area contributed by atoms with Gasteiger partial charge in [0.05, 0.1) is 9.79 Å². The van der Waals surface area contributed by atoms with Crippen LogP contribution < -0.4 is 0 Å². The average Bonchev–Trinajstić information content (AvgIpc) is 2.24. The van der Waals surface area contributed by atoms with Crippen molar-refractivity contribution in [2.75, 3.05) is 0 Å². The molecule has 2 aromatic rings. The number of fused-ring (bicyclic) bond motifs is 1. The molecule has 10 heteroatoms. The molecule has 0 spiro atoms. The zero-order valence-electron chi connectivity index (χ0n) is 9.81. The van der Waals surface area contributed by atoms with Crippen LogP contribution in [-0.4, -0.2) is 79.9 Å². The van der Waals surface area contributed by atoms with Crippen LogP contribution in [0.4, 0.5) is 0 Å². The molecule has 0 aliphatic rings. The maximum atomic E-state index is 11.1. The van der Waals surface area contributed by atoms with Crippen LogP contribution in [0.1, 0.15) is 0 Å². The van der Waals surface area contributed by atoms with Crippen LogP contribution in [0.5, 0.6) is 5.75 Å². The molecule has 0 aromatic heterocycles. The fraction of sp³-hybridized carbons (Fsp3) is 0. The van der Waals surface area contributed by atoms with E-state index in [2.05, 4.69) is 0 Å². The van der Waals surface area contributed by atoms with Crippen molar-refractivity contribution >= 4 is 79.9 Å². The van der Waals surface area contributed by atoms with Crippen LogP contribution in [-0.2, 0) is 20.2 Å². The second-order valence-corrected chi connectivity index (χ2v) is 6.46. The summed E-state index contributed by atoms with van der Waals surface area (Å²) in [6.45, 7) is 0. The van der Waals surface area contributed by atoms with Crippen LogP contribution >= 0.6 is 0 Å². The predicted molar refractivity (Wildman–Crippen MR) is 67.3 cm³/mol. The van der Waals surface area contributed by atoms with Gasteiger partial charge in [-0.15, -0.1) is 0 Å². The fourth-order valence-corrected chi connectivity index (χ4v) is 2.96. The Balaban J connectivity index is 0.00000200. The molecule has 7 nitrogen and oxygen atoms in total. The van der Waals surface area contributed by atoms with E-state index in [-0.39, 0.29) is 65.4 Å². The van der Waals surface area contributed by atoms with E-state index >= 15 is 0 Å². The predicted octanol–water partition coefficient (Wildman–Crippen LogP) is -0.0272. The first-order chi connectivity index (χ1) is 8.59. The van der Waals surface area contributed by atoms with Crippen molar-refractivity contribution in [2.45, 2.75) is 9.79 Å². The minimum Gasteiger partial charge on any atom is -0.744 e. The van der Waals surface area contributed by atoms with Crippen molar-refractivity contribution in [3.05, 3.63) is 30.3 Å². The van der Waals surface area contributed by atoms with Gasteiger partial charge in [0, 0.05) is 5.39 Å². The van der Waals surface area contributed by atoms with E-state index in [9.17, 15) is 31.0 Å². The molecule has 0 radical (unpaired) electrons. The first-order valence-electron chi connectivity index (χ1n) is 4.77. The fourth-order valence-electron chi connectivity index (χ4n) is 1.64. The van der Waals surface area contributed by atoms with Crippen LogP contribution in [0.3, 0.4) is 0 Å². The van der Waals surface area contributed by atoms with E-state index in [0.29, 0.717) is 6.07 Å². The molecule has 0 saturated heterocycles. The molecular weight excluding hydrogens is 434 g/mol. The van der Waals surface area contributed by atoms with Gasteiger partial charge in [0.1, 0.15) is 26.0 Å². The largest absolute Gasteiger partial charge is 2.00 e. The van der Waals surface area contributed by atoms with Gasteiger partial charge in [-0.3, -0.25) is 0 Å². The van der Waals surface area contributed by atoms with E-state index in [4.69, 9.17) is 0 Å². The first kappa shape index (κ1) is 17.9. The summed E-state index contributed by atoms with van der Waals surface area (Å²) in [6, 6.07) is 4.80. The molecule has 0 heterocycles. The van der Waals surface area contributed by atoms with E-state index < -0.39 is 30.0 Å². The van der Waals surface area contributed by atoms with Crippen LogP contribution in [0.25, 0.3) is 10.8 Å². The molecule has 102 valence electrons. The monoisotopic (exact) mass is 440 g/mol. The Bertz CT molecular complexity index is 872. The van der Waals surface area contributed by atoms with Gasteiger partial charge in [-0.05, 0) is 29.7 Å². The Hall–Kier alpha value is -0.109. The minimum absolute atomic E-state index is 0. The maximum Gasteiger partial charge on any atom is 2.00 e. The first-order valence-corrected chi connectivity index (χ1v) is 7.59. The molecule has 0 amide bonds. The van der Waals surface area contributed by atoms with Crippen molar-refractivity contribution < 1.29 is 31.0 Å². The van der Waals surface area contributed by atoms with E-state index in [1.807, 2.05) is 0 Å². The van der Waals surface area contributed by atoms with Gasteiger partial charge >= 0.3 is 48.9 Å². The Morgan fingerprint density at radius 3 is 2.00 bits per heavy atom. The van der Waals surface area contributed by atoms with Crippen LogP contribution in [0.2, 0.25) is 0 Å². The van der Waals surface area contributed by atoms with Gasteiger partial charge < -0.3 is 14.2 Å². The normalized spacial score (nSPS) is 12.1. The SMILES string of the molecule is O=S(=O)([O-])c1cc(S(=O)(=O)[O-])c2cc(O)ccc2c1.[Ba+2]. The number of phenolic OH excluding ortho intramolecular Hbond substituents is 1. The standard InChI is InChI=1S/C10H8O7S2.Ba/c11-7-2-1-6-3-8(18(12,13)14)5-10(9(6)4-7)19(15,16)17;/h1-5,11H,(H,12,13,14)(H,15,16,17);/q;+2/p-2. The van der Waals surface area contributed by atoms with E-state index in [1.54, 1.807) is 0 Å². The Kier molecular flexibility index (Phi) is 5.33. The molecule has 0 unspecified atom stereocenters. The zero-order chi connectivity index (χ0) is 14.4. The topological polar surface area (TPSA) is 135 Å². The van der Waals surface area contributed by atoms with Crippen molar-refractivity contribution in [1.82, 2.24) is 0 Å². The number of hydrogen-bond acceptors (Lipinski definition) is 7. The maximum absolute atomic E-state index is 11.1. The van der Waals surface area contributed by atoms with Gasteiger partial charge in [-0.1, -0.05) is 6.07 Å². The molecule has 0 aliphatic carbocycles. The van der Waals surface area contributed by atoms with Gasteiger partial charge in [0.2, 0.25) is 0 Å². The number of benzene rings is 2. The van der Waals surface area contributed by atoms with Crippen molar-refractivity contribution in [3.8, 4) is 5.75 Å². The third kappa shape index (κ3) is 3.75. The molecule has 0 atom stereocenters. The Morgan fingerprint density at radius 2 is 1.50 bits per heavy atom. The molecule has 1 N–H and O–H groups in total. The summed E-state index contributed by atoms with van der Waals surface area (Å²) in [5.41, 5.74) is 0. The molecule has 0 fully saturated rings. The summed E-state index contributed by atoms with van der Waals surface area (Å²) in [6.07, 6.45) is 0. The van der Waals surface area contributed by atoms with Gasteiger partial charge in [0.25, 0.3) is 0 Å². The van der Waals surface area contributed by atoms with Gasteiger partial charge in [-0.25, -0.2) is 16.8 Å². The molecule has 2 rings (SSSR count). The molecule has 20 heavy (non-hydrogen) atoms. The summed E-state index contributed by atoms with van der Waals surface area (Å²) >= 11 is 0. The molecular formula is C10H6BaO7S2. The smallest absolute Gasteiger partial charge is 0.744 e. The Morgan fingerprint density at radius 1 is 0.900 bits per heavy atom. The molecule has 0 bridgehead atoms. The summed E-state index contributed by atoms with van der Waals surface area (Å²) in [5.74, 6) is -0.296. The number of rotatable bonds is 2. The van der Waals surface area contributed by atoms with Crippen molar-refractivity contribution in [2.24, 2.45) is 0 Å². The Labute approximate surface area is 155 Å². The van der Waals surface area contributed by atoms with Crippen LogP contribution in [0.15, 0.2) is 40.1 Å². The molecule has 2 aromatic carbocycles. The number of aromatic hydroxyl groups is 1.